The average Bonchev–Trinajstić information content (AvgIpc) is 3.10. The molecule has 114 valence electrons. The number of amides is 1. The van der Waals surface area contributed by atoms with Crippen molar-refractivity contribution in [3.63, 3.8) is 0 Å². The van der Waals surface area contributed by atoms with Gasteiger partial charge in [-0.05, 0) is 81.5 Å². The molecule has 1 aromatic heterocycles. The topological polar surface area (TPSA) is 41.1 Å². The number of nitrogens with one attached hydrogen (secondary N) is 2. The molecular formula is C17H24N2OS. The van der Waals surface area contributed by atoms with Gasteiger partial charge in [-0.1, -0.05) is 0 Å². The molecule has 1 amide bonds. The average molecular weight is 304 g/mol. The fourth-order valence-electron chi connectivity index (χ4n) is 4.24. The van der Waals surface area contributed by atoms with E-state index in [0.29, 0.717) is 5.41 Å². The second-order valence-electron chi connectivity index (χ2n) is 7.02. The number of aryl methyl sites for hydroxylation is 1. The zero-order valence-electron chi connectivity index (χ0n) is 12.8. The normalized spacial score (nSPS) is 26.4. The van der Waals surface area contributed by atoms with Crippen molar-refractivity contribution in [3.8, 4) is 0 Å². The number of piperidine rings is 1. The minimum atomic E-state index is 0.262. The van der Waals surface area contributed by atoms with E-state index in [0.717, 1.165) is 24.5 Å². The van der Waals surface area contributed by atoms with Crippen LogP contribution >= 0.6 is 11.3 Å². The number of thiophene rings is 1. The summed E-state index contributed by atoms with van der Waals surface area (Å²) in [5, 5.41) is 7.79. The molecule has 0 radical (unpaired) electrons. The number of hydrogen-bond acceptors (Lipinski definition) is 3. The van der Waals surface area contributed by atoms with Crippen molar-refractivity contribution in [1.29, 1.82) is 0 Å². The van der Waals surface area contributed by atoms with Gasteiger partial charge in [0.25, 0.3) is 0 Å². The van der Waals surface area contributed by atoms with Crippen LogP contribution in [0.1, 0.15) is 48.1 Å². The highest BCUT2D eigenvalue weighted by Crippen LogP contribution is 2.59. The fourth-order valence-corrected chi connectivity index (χ4v) is 5.54. The van der Waals surface area contributed by atoms with Crippen molar-refractivity contribution in [3.05, 3.63) is 16.0 Å². The Labute approximate surface area is 130 Å². The first-order valence-electron chi connectivity index (χ1n) is 8.32. The van der Waals surface area contributed by atoms with Gasteiger partial charge in [0.05, 0.1) is 5.00 Å². The summed E-state index contributed by atoms with van der Waals surface area (Å²) in [6.07, 6.45) is 8.46. The number of hydrogen-bond donors (Lipinski definition) is 2. The van der Waals surface area contributed by atoms with Gasteiger partial charge in [-0.2, -0.15) is 0 Å². The van der Waals surface area contributed by atoms with Gasteiger partial charge in [-0.3, -0.25) is 4.79 Å². The van der Waals surface area contributed by atoms with Crippen LogP contribution in [0.5, 0.6) is 0 Å². The third-order valence-corrected chi connectivity index (χ3v) is 7.09. The second kappa shape index (κ2) is 5.10. The van der Waals surface area contributed by atoms with E-state index in [2.05, 4.69) is 17.6 Å². The van der Waals surface area contributed by atoms with Gasteiger partial charge in [-0.15, -0.1) is 11.3 Å². The Kier molecular flexibility index (Phi) is 3.34. The lowest BCUT2D eigenvalue weighted by Crippen LogP contribution is -2.31. The first-order chi connectivity index (χ1) is 10.2. The van der Waals surface area contributed by atoms with Crippen LogP contribution in [0.25, 0.3) is 0 Å². The van der Waals surface area contributed by atoms with Gasteiger partial charge in [0.1, 0.15) is 0 Å². The lowest BCUT2D eigenvalue weighted by atomic mass is 9.92. The molecule has 2 N–H and O–H groups in total. The lowest BCUT2D eigenvalue weighted by Gasteiger charge is -2.23. The first-order valence-corrected chi connectivity index (χ1v) is 9.14. The summed E-state index contributed by atoms with van der Waals surface area (Å²) in [5.41, 5.74) is 3.19. The van der Waals surface area contributed by atoms with Gasteiger partial charge in [0.15, 0.2) is 0 Å². The smallest absolute Gasteiger partial charge is 0.228 e. The number of carbonyl (C=O) groups excluding carboxylic acids is 1. The number of fused-ring (bicyclic) bond motifs is 1. The molecule has 1 atom stereocenters. The van der Waals surface area contributed by atoms with Crippen molar-refractivity contribution in [2.75, 3.05) is 18.4 Å². The Hall–Kier alpha value is -0.870. The monoisotopic (exact) mass is 304 g/mol. The molecule has 4 heteroatoms. The summed E-state index contributed by atoms with van der Waals surface area (Å²) in [7, 11) is 0. The molecule has 0 aromatic carbocycles. The van der Waals surface area contributed by atoms with Crippen LogP contribution in [0.3, 0.4) is 0 Å². The predicted octanol–water partition coefficient (Wildman–Crippen LogP) is 3.26. The highest BCUT2D eigenvalue weighted by atomic mass is 32.1. The summed E-state index contributed by atoms with van der Waals surface area (Å²) >= 11 is 1.83. The molecule has 1 saturated heterocycles. The summed E-state index contributed by atoms with van der Waals surface area (Å²) in [6.45, 7) is 4.34. The maximum atomic E-state index is 12.6. The molecule has 2 heterocycles. The van der Waals surface area contributed by atoms with Crippen LogP contribution in [0.15, 0.2) is 0 Å². The Morgan fingerprint density at radius 1 is 1.29 bits per heavy atom. The number of carbonyl (C=O) groups is 1. The molecule has 1 aromatic rings. The van der Waals surface area contributed by atoms with E-state index in [1.807, 2.05) is 11.3 Å². The lowest BCUT2D eigenvalue weighted by molar-refractivity contribution is -0.118. The molecule has 1 spiro atoms. The summed E-state index contributed by atoms with van der Waals surface area (Å²) in [4.78, 5) is 14.1. The molecule has 1 unspecified atom stereocenters. The van der Waals surface area contributed by atoms with Crippen molar-refractivity contribution in [2.45, 2.75) is 51.9 Å². The maximum Gasteiger partial charge on any atom is 0.228 e. The van der Waals surface area contributed by atoms with Crippen LogP contribution in [0, 0.1) is 18.3 Å². The van der Waals surface area contributed by atoms with Crippen LogP contribution in [-0.4, -0.2) is 19.0 Å². The van der Waals surface area contributed by atoms with Crippen molar-refractivity contribution < 1.29 is 4.79 Å². The van der Waals surface area contributed by atoms with E-state index in [-0.39, 0.29) is 11.8 Å². The Morgan fingerprint density at radius 3 is 2.81 bits per heavy atom. The molecule has 2 fully saturated rings. The van der Waals surface area contributed by atoms with E-state index < -0.39 is 0 Å². The highest BCUT2D eigenvalue weighted by molar-refractivity contribution is 7.16. The molecule has 0 bridgehead atoms. The Bertz CT molecular complexity index is 572. The third-order valence-electron chi connectivity index (χ3n) is 5.78. The summed E-state index contributed by atoms with van der Waals surface area (Å²) < 4.78 is 0. The van der Waals surface area contributed by atoms with Gasteiger partial charge >= 0.3 is 0 Å². The van der Waals surface area contributed by atoms with Crippen LogP contribution in [0.2, 0.25) is 0 Å². The Balaban J connectivity index is 1.47. The molecule has 3 aliphatic rings. The molecule has 1 aliphatic heterocycles. The molecular weight excluding hydrogens is 280 g/mol. The van der Waals surface area contributed by atoms with E-state index in [1.54, 1.807) is 0 Å². The summed E-state index contributed by atoms with van der Waals surface area (Å²) in [6, 6.07) is 0. The van der Waals surface area contributed by atoms with Crippen molar-refractivity contribution >= 4 is 22.2 Å². The standard InChI is InChI=1S/C17H24N2OS/c1-11-12-4-2-3-5-14(12)21-16(11)19-15(20)13-10-17(13)6-8-18-9-7-17/h13,18H,2-10H2,1H3,(H,19,20). The maximum absolute atomic E-state index is 12.6. The predicted molar refractivity (Wildman–Crippen MR) is 87.0 cm³/mol. The third kappa shape index (κ3) is 2.33. The largest absolute Gasteiger partial charge is 0.317 e. The Morgan fingerprint density at radius 2 is 2.05 bits per heavy atom. The number of anilines is 1. The first kappa shape index (κ1) is 13.8. The van der Waals surface area contributed by atoms with Gasteiger partial charge in [0, 0.05) is 10.8 Å². The molecule has 21 heavy (non-hydrogen) atoms. The van der Waals surface area contributed by atoms with Crippen molar-refractivity contribution in [1.82, 2.24) is 5.32 Å². The minimum Gasteiger partial charge on any atom is -0.317 e. The minimum absolute atomic E-state index is 0.262. The molecule has 1 saturated carbocycles. The van der Waals surface area contributed by atoms with E-state index in [9.17, 15) is 4.79 Å². The van der Waals surface area contributed by atoms with Gasteiger partial charge in [0.2, 0.25) is 5.91 Å². The fraction of sp³-hybridized carbons (Fsp3) is 0.706. The second-order valence-corrected chi connectivity index (χ2v) is 8.13. The number of rotatable bonds is 2. The van der Waals surface area contributed by atoms with E-state index in [1.165, 1.54) is 54.5 Å². The quantitative estimate of drug-likeness (QED) is 0.880. The molecule has 3 nitrogen and oxygen atoms in total. The summed E-state index contributed by atoms with van der Waals surface area (Å²) in [5.74, 6) is 0.539. The molecule has 4 rings (SSSR count). The SMILES string of the molecule is Cc1c(NC(=O)C2CC23CCNCC3)sc2c1CCCC2. The zero-order valence-corrected chi connectivity index (χ0v) is 13.6. The van der Waals surface area contributed by atoms with Crippen molar-refractivity contribution in [2.24, 2.45) is 11.3 Å². The van der Waals surface area contributed by atoms with E-state index in [4.69, 9.17) is 0 Å². The zero-order chi connectivity index (χ0) is 14.4. The molecule has 2 aliphatic carbocycles. The van der Waals surface area contributed by atoms with Crippen LogP contribution in [0.4, 0.5) is 5.00 Å². The van der Waals surface area contributed by atoms with Crippen LogP contribution in [-0.2, 0) is 17.6 Å². The van der Waals surface area contributed by atoms with E-state index >= 15 is 0 Å². The highest BCUT2D eigenvalue weighted by Gasteiger charge is 2.57. The van der Waals surface area contributed by atoms with Gasteiger partial charge in [-0.25, -0.2) is 0 Å². The van der Waals surface area contributed by atoms with Crippen LogP contribution < -0.4 is 10.6 Å². The van der Waals surface area contributed by atoms with Gasteiger partial charge < -0.3 is 10.6 Å².